The van der Waals surface area contributed by atoms with Crippen molar-refractivity contribution in [1.29, 1.82) is 5.26 Å². The van der Waals surface area contributed by atoms with Crippen molar-refractivity contribution in [3.63, 3.8) is 0 Å². The lowest BCUT2D eigenvalue weighted by atomic mass is 10.1. The molecule has 1 amide bonds. The van der Waals surface area contributed by atoms with Crippen LogP contribution < -0.4 is 10.3 Å². The molecule has 6 nitrogen and oxygen atoms in total. The lowest BCUT2D eigenvalue weighted by Gasteiger charge is -2.16. The molecule has 0 radical (unpaired) electrons. The van der Waals surface area contributed by atoms with E-state index in [2.05, 4.69) is 0 Å². The Hall–Kier alpha value is -2.81. The fraction of sp³-hybridized carbons (Fsp3) is 0.312. The molecule has 114 valence electrons. The second-order valence-corrected chi connectivity index (χ2v) is 4.93. The molecule has 0 spiro atoms. The monoisotopic (exact) mass is 299 g/mol. The Morgan fingerprint density at radius 3 is 2.86 bits per heavy atom. The number of aromatic nitrogens is 1. The van der Waals surface area contributed by atoms with E-state index in [4.69, 9.17) is 10.00 Å². The van der Waals surface area contributed by atoms with Crippen molar-refractivity contribution >= 4 is 16.7 Å². The molecule has 0 aliphatic heterocycles. The summed E-state index contributed by atoms with van der Waals surface area (Å²) >= 11 is 0. The zero-order valence-corrected chi connectivity index (χ0v) is 12.6. The third-order valence-electron chi connectivity index (χ3n) is 3.47. The molecule has 0 fully saturated rings. The number of nitrogens with zero attached hydrogens (tertiary/aromatic N) is 3. The summed E-state index contributed by atoms with van der Waals surface area (Å²) in [5, 5.41) is 9.85. The van der Waals surface area contributed by atoms with E-state index < -0.39 is 0 Å². The second-order valence-electron chi connectivity index (χ2n) is 4.93. The number of fused-ring (bicyclic) bond motifs is 1. The molecule has 6 heteroatoms. The average Bonchev–Trinajstić information content (AvgIpc) is 2.54. The Bertz CT molecular complexity index is 789. The van der Waals surface area contributed by atoms with Crippen molar-refractivity contribution in [2.24, 2.45) is 0 Å². The Morgan fingerprint density at radius 1 is 1.41 bits per heavy atom. The van der Waals surface area contributed by atoms with Crippen LogP contribution in [0.2, 0.25) is 0 Å². The number of hydrogen-bond acceptors (Lipinski definition) is 4. The number of benzene rings is 1. The van der Waals surface area contributed by atoms with Crippen LogP contribution in [0.3, 0.4) is 0 Å². The topological polar surface area (TPSA) is 75.3 Å². The van der Waals surface area contributed by atoms with Crippen LogP contribution in [0.5, 0.6) is 5.75 Å². The fourth-order valence-corrected chi connectivity index (χ4v) is 2.13. The van der Waals surface area contributed by atoms with Gasteiger partial charge in [0.1, 0.15) is 12.3 Å². The largest absolute Gasteiger partial charge is 0.497 e. The van der Waals surface area contributed by atoms with Gasteiger partial charge in [-0.15, -0.1) is 0 Å². The number of pyridine rings is 1. The molecule has 0 aliphatic carbocycles. The maximum absolute atomic E-state index is 12.4. The van der Waals surface area contributed by atoms with E-state index in [-0.39, 0.29) is 24.4 Å². The van der Waals surface area contributed by atoms with E-state index in [9.17, 15) is 9.59 Å². The van der Waals surface area contributed by atoms with Gasteiger partial charge in [0.15, 0.2) is 0 Å². The highest BCUT2D eigenvalue weighted by Gasteiger charge is 2.11. The maximum Gasteiger partial charge on any atom is 0.258 e. The smallest absolute Gasteiger partial charge is 0.258 e. The predicted octanol–water partition coefficient (Wildman–Crippen LogP) is 1.38. The first-order valence-corrected chi connectivity index (χ1v) is 6.85. The normalized spacial score (nSPS) is 10.2. The number of ether oxygens (including phenoxy) is 1. The SMILES string of the molecule is COc1ccc2c(=O)n(CC(=O)N(C)CCC#N)ccc2c1. The highest BCUT2D eigenvalue weighted by atomic mass is 16.5. The van der Waals surface area contributed by atoms with Gasteiger partial charge in [-0.05, 0) is 29.7 Å². The lowest BCUT2D eigenvalue weighted by Crippen LogP contribution is -2.34. The van der Waals surface area contributed by atoms with Gasteiger partial charge in [-0.3, -0.25) is 9.59 Å². The first-order chi connectivity index (χ1) is 10.6. The molecule has 0 bridgehead atoms. The van der Waals surface area contributed by atoms with E-state index in [1.54, 1.807) is 44.6 Å². The molecule has 0 atom stereocenters. The van der Waals surface area contributed by atoms with Gasteiger partial charge in [-0.2, -0.15) is 5.26 Å². The van der Waals surface area contributed by atoms with E-state index in [0.717, 1.165) is 5.39 Å². The Morgan fingerprint density at radius 2 is 2.18 bits per heavy atom. The summed E-state index contributed by atoms with van der Waals surface area (Å²) in [4.78, 5) is 25.9. The third kappa shape index (κ3) is 3.26. The minimum atomic E-state index is -0.220. The number of hydrogen-bond donors (Lipinski definition) is 0. The lowest BCUT2D eigenvalue weighted by molar-refractivity contribution is -0.130. The Labute approximate surface area is 128 Å². The number of methoxy groups -OCH3 is 1. The van der Waals surface area contributed by atoms with Crippen LogP contribution in [0.1, 0.15) is 6.42 Å². The molecule has 2 aromatic rings. The zero-order valence-electron chi connectivity index (χ0n) is 12.6. The van der Waals surface area contributed by atoms with E-state index >= 15 is 0 Å². The number of carbonyl (C=O) groups excluding carboxylic acids is 1. The van der Waals surface area contributed by atoms with Crippen LogP contribution in [-0.4, -0.2) is 36.1 Å². The highest BCUT2D eigenvalue weighted by Crippen LogP contribution is 2.17. The highest BCUT2D eigenvalue weighted by molar-refractivity contribution is 5.83. The molecule has 0 N–H and O–H groups in total. The molecule has 0 saturated carbocycles. The van der Waals surface area contributed by atoms with Crippen LogP contribution in [0.15, 0.2) is 35.3 Å². The average molecular weight is 299 g/mol. The quantitative estimate of drug-likeness (QED) is 0.836. The molecule has 0 aliphatic rings. The fourth-order valence-electron chi connectivity index (χ4n) is 2.13. The molecule has 1 aromatic heterocycles. The summed E-state index contributed by atoms with van der Waals surface area (Å²) in [5.41, 5.74) is -0.220. The van der Waals surface area contributed by atoms with Gasteiger partial charge in [0, 0.05) is 25.2 Å². The Balaban J connectivity index is 2.26. The first-order valence-electron chi connectivity index (χ1n) is 6.85. The van der Waals surface area contributed by atoms with Crippen molar-refractivity contribution in [3.8, 4) is 11.8 Å². The molecule has 0 saturated heterocycles. The molecular weight excluding hydrogens is 282 g/mol. The van der Waals surface area contributed by atoms with Crippen LogP contribution in [0.25, 0.3) is 10.8 Å². The number of carbonyl (C=O) groups is 1. The first kappa shape index (κ1) is 15.6. The van der Waals surface area contributed by atoms with E-state index in [1.807, 2.05) is 6.07 Å². The van der Waals surface area contributed by atoms with Gasteiger partial charge < -0.3 is 14.2 Å². The van der Waals surface area contributed by atoms with Gasteiger partial charge in [0.05, 0.1) is 19.6 Å². The number of rotatable bonds is 5. The molecule has 22 heavy (non-hydrogen) atoms. The van der Waals surface area contributed by atoms with Gasteiger partial charge >= 0.3 is 0 Å². The summed E-state index contributed by atoms with van der Waals surface area (Å²) in [7, 11) is 3.19. The van der Waals surface area contributed by atoms with Crippen LogP contribution in [0, 0.1) is 11.3 Å². The van der Waals surface area contributed by atoms with Gasteiger partial charge in [-0.1, -0.05) is 0 Å². The predicted molar refractivity (Wildman–Crippen MR) is 82.6 cm³/mol. The molecular formula is C16H17N3O3. The minimum absolute atomic E-state index is 0.0390. The van der Waals surface area contributed by atoms with E-state index in [1.165, 1.54) is 9.47 Å². The molecule has 2 rings (SSSR count). The Kier molecular flexibility index (Phi) is 4.79. The summed E-state index contributed by atoms with van der Waals surface area (Å²) in [6.45, 7) is 0.317. The van der Waals surface area contributed by atoms with Crippen molar-refractivity contribution in [2.75, 3.05) is 20.7 Å². The summed E-state index contributed by atoms with van der Waals surface area (Å²) in [6.07, 6.45) is 1.87. The number of amides is 1. The van der Waals surface area contributed by atoms with Crippen molar-refractivity contribution in [2.45, 2.75) is 13.0 Å². The van der Waals surface area contributed by atoms with Crippen LogP contribution in [-0.2, 0) is 11.3 Å². The van der Waals surface area contributed by atoms with Gasteiger partial charge in [0.25, 0.3) is 5.56 Å². The molecule has 0 unspecified atom stereocenters. The second kappa shape index (κ2) is 6.76. The number of nitriles is 1. The van der Waals surface area contributed by atoms with Crippen LogP contribution in [0.4, 0.5) is 0 Å². The van der Waals surface area contributed by atoms with Gasteiger partial charge in [-0.25, -0.2) is 0 Å². The minimum Gasteiger partial charge on any atom is -0.497 e. The van der Waals surface area contributed by atoms with Crippen LogP contribution >= 0.6 is 0 Å². The zero-order chi connectivity index (χ0) is 16.1. The summed E-state index contributed by atoms with van der Waals surface area (Å²) in [6, 6.07) is 8.96. The standard InChI is InChI=1S/C16H17N3O3/c1-18(8-3-7-17)15(20)11-19-9-6-12-10-13(22-2)4-5-14(12)16(19)21/h4-6,9-10H,3,8,11H2,1-2H3. The summed E-state index contributed by atoms with van der Waals surface area (Å²) < 4.78 is 6.50. The van der Waals surface area contributed by atoms with Crippen molar-refractivity contribution in [3.05, 3.63) is 40.8 Å². The summed E-state index contributed by atoms with van der Waals surface area (Å²) in [5.74, 6) is 0.474. The molecule has 1 heterocycles. The molecule has 1 aromatic carbocycles. The number of likely N-dealkylation sites (N-methyl/N-ethyl adjacent to an activating group) is 1. The van der Waals surface area contributed by atoms with Crippen molar-refractivity contribution in [1.82, 2.24) is 9.47 Å². The van der Waals surface area contributed by atoms with Crippen molar-refractivity contribution < 1.29 is 9.53 Å². The van der Waals surface area contributed by atoms with E-state index in [0.29, 0.717) is 17.7 Å². The third-order valence-corrected chi connectivity index (χ3v) is 3.47. The van der Waals surface area contributed by atoms with Gasteiger partial charge in [0.2, 0.25) is 5.91 Å². The maximum atomic E-state index is 12.4.